The zero-order valence-corrected chi connectivity index (χ0v) is 15.0. The second kappa shape index (κ2) is 6.37. The van der Waals surface area contributed by atoms with Crippen LogP contribution >= 0.6 is 0 Å². The molecule has 1 heterocycles. The van der Waals surface area contributed by atoms with E-state index >= 15 is 0 Å². The monoisotopic (exact) mass is 333 g/mol. The van der Waals surface area contributed by atoms with Crippen molar-refractivity contribution >= 4 is 6.09 Å². The Morgan fingerprint density at radius 3 is 2.58 bits per heavy atom. The molecule has 1 aromatic rings. The Bertz CT molecular complexity index is 604. The third kappa shape index (κ3) is 3.57. The molecule has 0 aromatic heterocycles. The maximum atomic E-state index is 12.4. The molecule has 3 rings (SSSR count). The number of nitrogens with zero attached hydrogens (tertiary/aromatic N) is 1. The lowest BCUT2D eigenvalue weighted by atomic mass is 9.61. The minimum absolute atomic E-state index is 0.128. The van der Waals surface area contributed by atoms with Gasteiger partial charge in [-0.3, -0.25) is 0 Å². The molecule has 24 heavy (non-hydrogen) atoms. The van der Waals surface area contributed by atoms with E-state index < -0.39 is 5.60 Å². The molecular formula is C19H27NO4. The van der Waals surface area contributed by atoms with E-state index in [4.69, 9.17) is 14.2 Å². The van der Waals surface area contributed by atoms with Crippen LogP contribution in [0.5, 0.6) is 0 Å². The maximum absolute atomic E-state index is 12.4. The molecule has 1 aliphatic carbocycles. The lowest BCUT2D eigenvalue weighted by molar-refractivity contribution is -0.0677. The fourth-order valence-electron chi connectivity index (χ4n) is 3.64. The predicted molar refractivity (Wildman–Crippen MR) is 91.0 cm³/mol. The number of fused-ring (bicyclic) bond motifs is 1. The van der Waals surface area contributed by atoms with Gasteiger partial charge in [-0.15, -0.1) is 0 Å². The number of benzene rings is 1. The lowest BCUT2D eigenvalue weighted by Crippen LogP contribution is -2.51. The average molecular weight is 333 g/mol. The summed E-state index contributed by atoms with van der Waals surface area (Å²) in [6.45, 7) is 7.53. The Labute approximate surface area is 143 Å². The minimum Gasteiger partial charge on any atom is -0.444 e. The van der Waals surface area contributed by atoms with Gasteiger partial charge in [-0.2, -0.15) is 0 Å². The highest BCUT2D eigenvalue weighted by molar-refractivity contribution is 5.68. The standard InChI is InChI=1S/C19H27NO4/c1-18(2,3)24-17(21)20(4)13-19(12-16-22-9-10-23-16)11-14-7-5-6-8-15(14)19/h5-8,16H,9-13H2,1-4H3. The third-order valence-electron chi connectivity index (χ3n) is 4.61. The molecule has 0 spiro atoms. The Hall–Kier alpha value is -1.59. The van der Waals surface area contributed by atoms with Crippen molar-refractivity contribution in [2.24, 2.45) is 0 Å². The number of carbonyl (C=O) groups excluding carboxylic acids is 1. The highest BCUT2D eigenvalue weighted by atomic mass is 16.7. The van der Waals surface area contributed by atoms with Crippen molar-refractivity contribution < 1.29 is 19.0 Å². The van der Waals surface area contributed by atoms with Gasteiger partial charge >= 0.3 is 6.09 Å². The van der Waals surface area contributed by atoms with Crippen LogP contribution in [0.3, 0.4) is 0 Å². The fourth-order valence-corrected chi connectivity index (χ4v) is 3.64. The second-order valence-electron chi connectivity index (χ2n) is 7.83. The quantitative estimate of drug-likeness (QED) is 0.849. The van der Waals surface area contributed by atoms with Gasteiger partial charge in [0.1, 0.15) is 5.60 Å². The van der Waals surface area contributed by atoms with Crippen LogP contribution in [0.2, 0.25) is 0 Å². The van der Waals surface area contributed by atoms with Gasteiger partial charge < -0.3 is 19.1 Å². The van der Waals surface area contributed by atoms with Crippen LogP contribution < -0.4 is 0 Å². The van der Waals surface area contributed by atoms with Crippen LogP contribution in [0.1, 0.15) is 38.3 Å². The summed E-state index contributed by atoms with van der Waals surface area (Å²) in [6.07, 6.45) is 1.21. The van der Waals surface area contributed by atoms with Crippen molar-refractivity contribution in [3.05, 3.63) is 35.4 Å². The van der Waals surface area contributed by atoms with E-state index in [-0.39, 0.29) is 17.8 Å². The molecule has 0 N–H and O–H groups in total. The Balaban J connectivity index is 1.75. The first-order chi connectivity index (χ1) is 11.3. The van der Waals surface area contributed by atoms with E-state index in [0.717, 1.165) is 12.8 Å². The van der Waals surface area contributed by atoms with Crippen LogP contribution in [0.25, 0.3) is 0 Å². The molecule has 5 heteroatoms. The van der Waals surface area contributed by atoms with E-state index in [0.29, 0.717) is 19.8 Å². The molecule has 1 unspecified atom stereocenters. The van der Waals surface area contributed by atoms with Gasteiger partial charge in [0.25, 0.3) is 0 Å². The smallest absolute Gasteiger partial charge is 0.410 e. The molecule has 132 valence electrons. The van der Waals surface area contributed by atoms with Gasteiger partial charge in [0.15, 0.2) is 6.29 Å². The first-order valence-electron chi connectivity index (χ1n) is 8.55. The first-order valence-corrected chi connectivity index (χ1v) is 8.55. The number of amides is 1. The summed E-state index contributed by atoms with van der Waals surface area (Å²) in [4.78, 5) is 14.0. The minimum atomic E-state index is -0.492. The van der Waals surface area contributed by atoms with Crippen LogP contribution in [0.15, 0.2) is 24.3 Å². The molecule has 1 aliphatic heterocycles. The van der Waals surface area contributed by atoms with Gasteiger partial charge in [0.2, 0.25) is 0 Å². The van der Waals surface area contributed by atoms with Gasteiger partial charge in [0, 0.05) is 25.4 Å². The molecular weight excluding hydrogens is 306 g/mol. The van der Waals surface area contributed by atoms with Gasteiger partial charge in [0.05, 0.1) is 13.2 Å². The van der Waals surface area contributed by atoms with Crippen LogP contribution in [-0.2, 0) is 26.0 Å². The highest BCUT2D eigenvalue weighted by Gasteiger charge is 2.46. The van der Waals surface area contributed by atoms with Crippen molar-refractivity contribution in [1.82, 2.24) is 4.90 Å². The summed E-state index contributed by atoms with van der Waals surface area (Å²) < 4.78 is 16.8. The third-order valence-corrected chi connectivity index (χ3v) is 4.61. The maximum Gasteiger partial charge on any atom is 0.410 e. The van der Waals surface area contributed by atoms with E-state index in [1.54, 1.807) is 11.9 Å². The summed E-state index contributed by atoms with van der Waals surface area (Å²) in [5.74, 6) is 0. The molecule has 1 aromatic carbocycles. The summed E-state index contributed by atoms with van der Waals surface area (Å²) in [5, 5.41) is 0. The molecule has 5 nitrogen and oxygen atoms in total. The molecule has 0 saturated carbocycles. The molecule has 0 radical (unpaired) electrons. The molecule has 2 aliphatic rings. The summed E-state index contributed by atoms with van der Waals surface area (Å²) in [6, 6.07) is 8.41. The van der Waals surface area contributed by atoms with E-state index in [1.807, 2.05) is 20.8 Å². The molecule has 1 fully saturated rings. The molecule has 1 saturated heterocycles. The largest absolute Gasteiger partial charge is 0.444 e. The van der Waals surface area contributed by atoms with E-state index in [1.165, 1.54) is 11.1 Å². The first kappa shape index (κ1) is 17.2. The highest BCUT2D eigenvalue weighted by Crippen LogP contribution is 2.46. The van der Waals surface area contributed by atoms with Crippen molar-refractivity contribution in [3.8, 4) is 0 Å². The number of carbonyl (C=O) groups is 1. The fraction of sp³-hybridized carbons (Fsp3) is 0.632. The number of hydrogen-bond acceptors (Lipinski definition) is 4. The van der Waals surface area contributed by atoms with Crippen LogP contribution in [-0.4, -0.2) is 49.7 Å². The van der Waals surface area contributed by atoms with Crippen molar-refractivity contribution in [2.45, 2.75) is 50.9 Å². The molecule has 0 bridgehead atoms. The molecule has 1 amide bonds. The number of hydrogen-bond donors (Lipinski definition) is 0. The van der Waals surface area contributed by atoms with Crippen molar-refractivity contribution in [1.29, 1.82) is 0 Å². The number of rotatable bonds is 4. The number of likely N-dealkylation sites (N-methyl/N-ethyl adjacent to an activating group) is 1. The zero-order valence-electron chi connectivity index (χ0n) is 15.0. The predicted octanol–water partition coefficient (Wildman–Crippen LogP) is 3.11. The van der Waals surface area contributed by atoms with Crippen molar-refractivity contribution in [2.75, 3.05) is 26.8 Å². The van der Waals surface area contributed by atoms with Gasteiger partial charge in [-0.05, 0) is 38.3 Å². The topological polar surface area (TPSA) is 48.0 Å². The summed E-state index contributed by atoms with van der Waals surface area (Å²) in [7, 11) is 1.80. The van der Waals surface area contributed by atoms with E-state index in [2.05, 4.69) is 24.3 Å². The van der Waals surface area contributed by atoms with Gasteiger partial charge in [-0.25, -0.2) is 4.79 Å². The average Bonchev–Trinajstić information content (AvgIpc) is 2.97. The summed E-state index contributed by atoms with van der Waals surface area (Å²) >= 11 is 0. The van der Waals surface area contributed by atoms with Crippen molar-refractivity contribution in [3.63, 3.8) is 0 Å². The SMILES string of the molecule is CN(CC1(CC2OCCO2)Cc2ccccc21)C(=O)OC(C)(C)C. The van der Waals surface area contributed by atoms with Gasteiger partial charge in [-0.1, -0.05) is 24.3 Å². The Kier molecular flexibility index (Phi) is 4.58. The lowest BCUT2D eigenvalue weighted by Gasteiger charge is -2.47. The second-order valence-corrected chi connectivity index (χ2v) is 7.83. The van der Waals surface area contributed by atoms with Crippen LogP contribution in [0, 0.1) is 0 Å². The number of ether oxygens (including phenoxy) is 3. The summed E-state index contributed by atoms with van der Waals surface area (Å²) in [5.41, 5.74) is 2.01. The molecule has 1 atom stereocenters. The van der Waals surface area contributed by atoms with E-state index in [9.17, 15) is 4.79 Å². The van der Waals surface area contributed by atoms with Crippen LogP contribution in [0.4, 0.5) is 4.79 Å². The Morgan fingerprint density at radius 2 is 1.96 bits per heavy atom. The normalized spacial score (nSPS) is 23.5. The zero-order chi connectivity index (χ0) is 17.4. The Morgan fingerprint density at radius 1 is 1.29 bits per heavy atom.